The van der Waals surface area contributed by atoms with E-state index in [9.17, 15) is 0 Å². The van der Waals surface area contributed by atoms with E-state index in [4.69, 9.17) is 16.3 Å². The van der Waals surface area contributed by atoms with Crippen molar-refractivity contribution in [1.29, 1.82) is 0 Å². The molecule has 106 valence electrons. The molecule has 0 spiro atoms. The van der Waals surface area contributed by atoms with Crippen LogP contribution in [-0.4, -0.2) is 28.7 Å². The van der Waals surface area contributed by atoms with Crippen LogP contribution in [0.15, 0.2) is 0 Å². The summed E-state index contributed by atoms with van der Waals surface area (Å²) in [5.74, 6) is 2.19. The molecule has 0 amide bonds. The minimum atomic E-state index is -0.224. The first kappa shape index (κ1) is 14.5. The van der Waals surface area contributed by atoms with Gasteiger partial charge >= 0.3 is 0 Å². The van der Waals surface area contributed by atoms with Crippen molar-refractivity contribution in [1.82, 2.24) is 9.97 Å². The number of rotatable bonds is 6. The van der Waals surface area contributed by atoms with E-state index in [0.717, 1.165) is 17.2 Å². The molecule has 0 radical (unpaired) electrons. The molecule has 1 aromatic heterocycles. The molecular weight excluding hydrogens is 262 g/mol. The third-order valence-electron chi connectivity index (χ3n) is 3.26. The van der Waals surface area contributed by atoms with Gasteiger partial charge in [-0.25, -0.2) is 9.97 Å². The number of nitrogens with one attached hydrogen (secondary N) is 1. The first-order valence-corrected chi connectivity index (χ1v) is 7.22. The van der Waals surface area contributed by atoms with Gasteiger partial charge in [0.15, 0.2) is 0 Å². The second-order valence-corrected chi connectivity index (χ2v) is 6.02. The van der Waals surface area contributed by atoms with Crippen molar-refractivity contribution < 1.29 is 4.74 Å². The lowest BCUT2D eigenvalue weighted by molar-refractivity contribution is 0.000631. The zero-order valence-corrected chi connectivity index (χ0v) is 12.8. The van der Waals surface area contributed by atoms with Crippen LogP contribution in [0.3, 0.4) is 0 Å². The largest absolute Gasteiger partial charge is 0.374 e. The number of nitrogens with zero attached hydrogens (tertiary/aromatic N) is 2. The molecule has 1 fully saturated rings. The molecule has 1 aliphatic rings. The van der Waals surface area contributed by atoms with Crippen molar-refractivity contribution in [3.8, 4) is 0 Å². The molecule has 0 bridgehead atoms. The highest BCUT2D eigenvalue weighted by molar-refractivity contribution is 6.30. The number of aromatic nitrogens is 2. The van der Waals surface area contributed by atoms with Gasteiger partial charge in [-0.15, -0.1) is 0 Å². The summed E-state index contributed by atoms with van der Waals surface area (Å²) in [6, 6.07) is 0. The Morgan fingerprint density at radius 2 is 2.05 bits per heavy atom. The third kappa shape index (κ3) is 3.80. The van der Waals surface area contributed by atoms with Crippen molar-refractivity contribution in [2.45, 2.75) is 52.1 Å². The van der Waals surface area contributed by atoms with E-state index >= 15 is 0 Å². The summed E-state index contributed by atoms with van der Waals surface area (Å²) < 4.78 is 5.67. The number of ether oxygens (including phenoxy) is 1. The standard InChI is InChI=1S/C14H22ClN3O/c1-5-19-14(3,4)8-16-12-9(2)11(15)17-13(18-12)10-6-7-10/h10H,5-8H2,1-4H3,(H,16,17,18). The van der Waals surface area contributed by atoms with E-state index in [0.29, 0.717) is 24.2 Å². The van der Waals surface area contributed by atoms with Gasteiger partial charge in [-0.1, -0.05) is 11.6 Å². The first-order valence-electron chi connectivity index (χ1n) is 6.85. The topological polar surface area (TPSA) is 47.0 Å². The molecule has 1 saturated carbocycles. The second-order valence-electron chi connectivity index (χ2n) is 5.67. The van der Waals surface area contributed by atoms with E-state index in [1.807, 2.05) is 13.8 Å². The number of hydrogen-bond acceptors (Lipinski definition) is 4. The van der Waals surface area contributed by atoms with E-state index < -0.39 is 0 Å². The Morgan fingerprint density at radius 3 is 2.63 bits per heavy atom. The van der Waals surface area contributed by atoms with E-state index in [2.05, 4.69) is 29.1 Å². The molecule has 2 rings (SSSR count). The zero-order chi connectivity index (χ0) is 14.0. The summed E-state index contributed by atoms with van der Waals surface area (Å²) in [7, 11) is 0. The summed E-state index contributed by atoms with van der Waals surface area (Å²) >= 11 is 6.18. The van der Waals surface area contributed by atoms with Gasteiger partial charge in [-0.3, -0.25) is 0 Å². The van der Waals surface area contributed by atoms with Crippen LogP contribution in [0.4, 0.5) is 5.82 Å². The Kier molecular flexibility index (Phi) is 4.31. The molecule has 0 atom stereocenters. The highest BCUT2D eigenvalue weighted by atomic mass is 35.5. The van der Waals surface area contributed by atoms with Gasteiger partial charge in [-0.05, 0) is 40.5 Å². The lowest BCUT2D eigenvalue weighted by atomic mass is 10.1. The fraction of sp³-hybridized carbons (Fsp3) is 0.714. The van der Waals surface area contributed by atoms with Gasteiger partial charge in [0.1, 0.15) is 16.8 Å². The van der Waals surface area contributed by atoms with Crippen LogP contribution in [0.25, 0.3) is 0 Å². The molecule has 1 aliphatic carbocycles. The van der Waals surface area contributed by atoms with Crippen LogP contribution in [0, 0.1) is 6.92 Å². The molecule has 0 aromatic carbocycles. The molecule has 1 heterocycles. The number of anilines is 1. The third-order valence-corrected chi connectivity index (χ3v) is 3.63. The van der Waals surface area contributed by atoms with Crippen molar-refractivity contribution in [3.63, 3.8) is 0 Å². The Bertz CT molecular complexity index is 458. The number of hydrogen-bond donors (Lipinski definition) is 1. The van der Waals surface area contributed by atoms with E-state index in [-0.39, 0.29) is 5.60 Å². The van der Waals surface area contributed by atoms with Gasteiger partial charge in [0.2, 0.25) is 0 Å². The van der Waals surface area contributed by atoms with Crippen LogP contribution in [0.1, 0.15) is 50.9 Å². The Hall–Kier alpha value is -0.870. The monoisotopic (exact) mass is 283 g/mol. The average Bonchev–Trinajstić information content (AvgIpc) is 3.15. The second kappa shape index (κ2) is 5.63. The fourth-order valence-electron chi connectivity index (χ4n) is 1.94. The van der Waals surface area contributed by atoms with E-state index in [1.165, 1.54) is 12.8 Å². The lowest BCUT2D eigenvalue weighted by Crippen LogP contribution is -2.33. The molecule has 19 heavy (non-hydrogen) atoms. The summed E-state index contributed by atoms with van der Waals surface area (Å²) in [5.41, 5.74) is 0.677. The van der Waals surface area contributed by atoms with Gasteiger partial charge in [0.05, 0.1) is 5.60 Å². The van der Waals surface area contributed by atoms with Crippen molar-refractivity contribution in [2.24, 2.45) is 0 Å². The summed E-state index contributed by atoms with van der Waals surface area (Å²) in [6.07, 6.45) is 2.34. The molecular formula is C14H22ClN3O. The highest BCUT2D eigenvalue weighted by Gasteiger charge is 2.28. The van der Waals surface area contributed by atoms with Crippen LogP contribution >= 0.6 is 11.6 Å². The van der Waals surface area contributed by atoms with Crippen molar-refractivity contribution in [3.05, 3.63) is 16.5 Å². The molecule has 1 N–H and O–H groups in total. The van der Waals surface area contributed by atoms with Crippen molar-refractivity contribution >= 4 is 17.4 Å². The predicted molar refractivity (Wildman–Crippen MR) is 77.9 cm³/mol. The molecule has 1 aromatic rings. The smallest absolute Gasteiger partial charge is 0.137 e. The zero-order valence-electron chi connectivity index (χ0n) is 12.1. The van der Waals surface area contributed by atoms with Crippen molar-refractivity contribution in [2.75, 3.05) is 18.5 Å². The molecule has 4 nitrogen and oxygen atoms in total. The van der Waals surface area contributed by atoms with Gasteiger partial charge in [-0.2, -0.15) is 0 Å². The van der Waals surface area contributed by atoms with Gasteiger partial charge in [0.25, 0.3) is 0 Å². The Balaban J connectivity index is 2.10. The maximum atomic E-state index is 6.18. The quantitative estimate of drug-likeness (QED) is 0.811. The minimum Gasteiger partial charge on any atom is -0.374 e. The first-order chi connectivity index (χ1) is 8.93. The predicted octanol–water partition coefficient (Wildman–Crippen LogP) is 3.54. The molecule has 0 saturated heterocycles. The minimum absolute atomic E-state index is 0.224. The SMILES string of the molecule is CCOC(C)(C)CNc1nc(C2CC2)nc(Cl)c1C. The summed E-state index contributed by atoms with van der Waals surface area (Å²) in [6.45, 7) is 9.45. The number of halogens is 1. The summed E-state index contributed by atoms with van der Waals surface area (Å²) in [4.78, 5) is 8.96. The Labute approximate surface area is 119 Å². The van der Waals surface area contributed by atoms with Gasteiger partial charge < -0.3 is 10.1 Å². The van der Waals surface area contributed by atoms with Gasteiger partial charge in [0, 0.05) is 24.6 Å². The maximum absolute atomic E-state index is 6.18. The average molecular weight is 284 g/mol. The molecule has 0 aliphatic heterocycles. The van der Waals surface area contributed by atoms with Crippen LogP contribution < -0.4 is 5.32 Å². The fourth-order valence-corrected chi connectivity index (χ4v) is 2.12. The normalized spacial score (nSPS) is 15.6. The van der Waals surface area contributed by atoms with Crippen LogP contribution in [0.5, 0.6) is 0 Å². The lowest BCUT2D eigenvalue weighted by Gasteiger charge is -2.25. The molecule has 0 unspecified atom stereocenters. The highest BCUT2D eigenvalue weighted by Crippen LogP contribution is 2.39. The van der Waals surface area contributed by atoms with Crippen LogP contribution in [0.2, 0.25) is 5.15 Å². The Morgan fingerprint density at radius 1 is 1.37 bits per heavy atom. The maximum Gasteiger partial charge on any atom is 0.137 e. The molecule has 5 heteroatoms. The summed E-state index contributed by atoms with van der Waals surface area (Å²) in [5, 5.41) is 3.89. The van der Waals surface area contributed by atoms with Crippen LogP contribution in [-0.2, 0) is 4.74 Å². The van der Waals surface area contributed by atoms with E-state index in [1.54, 1.807) is 0 Å².